The molecule has 1 aromatic rings. The Morgan fingerprint density at radius 3 is 2.36 bits per heavy atom. The van der Waals surface area contributed by atoms with Gasteiger partial charge < -0.3 is 10.4 Å². The summed E-state index contributed by atoms with van der Waals surface area (Å²) in [6.07, 6.45) is 1.80. The van der Waals surface area contributed by atoms with Crippen LogP contribution < -0.4 is 5.32 Å². The Morgan fingerprint density at radius 1 is 1.21 bits per heavy atom. The van der Waals surface area contributed by atoms with Crippen LogP contribution in [0, 0.1) is 0 Å². The van der Waals surface area contributed by atoms with Crippen LogP contribution in [0.5, 0.6) is 0 Å². The summed E-state index contributed by atoms with van der Waals surface area (Å²) >= 11 is 0. The SMILES string of the molecule is CCN(CC(=O)O)C1CCN(C(C)C(=O)NCC(C)c2ccccc2)CC1.Cl. The number of amides is 1. The number of hydrogen-bond acceptors (Lipinski definition) is 4. The first-order valence-electron chi connectivity index (χ1n) is 9.94. The molecule has 0 bridgehead atoms. The van der Waals surface area contributed by atoms with E-state index in [1.54, 1.807) is 0 Å². The van der Waals surface area contributed by atoms with E-state index in [0.717, 1.165) is 32.5 Å². The van der Waals surface area contributed by atoms with Gasteiger partial charge in [0.15, 0.2) is 0 Å². The Hall–Kier alpha value is -1.63. The van der Waals surface area contributed by atoms with Crippen molar-refractivity contribution in [2.45, 2.75) is 51.6 Å². The largest absolute Gasteiger partial charge is 0.480 e. The summed E-state index contributed by atoms with van der Waals surface area (Å²) < 4.78 is 0. The van der Waals surface area contributed by atoms with Gasteiger partial charge in [-0.2, -0.15) is 0 Å². The lowest BCUT2D eigenvalue weighted by Gasteiger charge is -2.39. The molecule has 1 aliphatic rings. The molecular weight excluding hydrogens is 378 g/mol. The molecule has 0 aromatic heterocycles. The van der Waals surface area contributed by atoms with Crippen LogP contribution >= 0.6 is 12.4 Å². The van der Waals surface area contributed by atoms with Crippen LogP contribution in [-0.4, -0.2) is 71.6 Å². The average Bonchev–Trinajstić information content (AvgIpc) is 2.70. The number of aliphatic carboxylic acids is 1. The number of halogens is 1. The fourth-order valence-electron chi connectivity index (χ4n) is 3.78. The Morgan fingerprint density at radius 2 is 1.82 bits per heavy atom. The number of carboxylic acids is 1. The predicted octanol–water partition coefficient (Wildman–Crippen LogP) is 2.59. The first kappa shape index (κ1) is 24.4. The molecular formula is C21H34ClN3O3. The van der Waals surface area contributed by atoms with Gasteiger partial charge in [-0.05, 0) is 37.8 Å². The number of rotatable bonds is 9. The van der Waals surface area contributed by atoms with Gasteiger partial charge in [-0.1, -0.05) is 44.2 Å². The third-order valence-electron chi connectivity index (χ3n) is 5.64. The summed E-state index contributed by atoms with van der Waals surface area (Å²) in [5.74, 6) is -0.434. The molecule has 0 radical (unpaired) electrons. The van der Waals surface area contributed by atoms with Crippen molar-refractivity contribution in [2.75, 3.05) is 32.7 Å². The van der Waals surface area contributed by atoms with Crippen molar-refractivity contribution >= 4 is 24.3 Å². The highest BCUT2D eigenvalue weighted by Crippen LogP contribution is 2.19. The number of benzene rings is 1. The maximum absolute atomic E-state index is 12.6. The molecule has 7 heteroatoms. The van der Waals surface area contributed by atoms with Crippen LogP contribution in [0.15, 0.2) is 30.3 Å². The quantitative estimate of drug-likeness (QED) is 0.653. The summed E-state index contributed by atoms with van der Waals surface area (Å²) in [4.78, 5) is 27.8. The summed E-state index contributed by atoms with van der Waals surface area (Å²) in [6.45, 7) is 9.18. The molecule has 1 amide bonds. The number of hydrogen-bond donors (Lipinski definition) is 2. The number of nitrogens with zero attached hydrogens (tertiary/aromatic N) is 2. The number of carboxylic acid groups (broad SMARTS) is 1. The minimum atomic E-state index is -0.778. The van der Waals surface area contributed by atoms with E-state index in [0.29, 0.717) is 6.54 Å². The second-order valence-corrected chi connectivity index (χ2v) is 7.46. The second kappa shape index (κ2) is 12.0. The zero-order valence-corrected chi connectivity index (χ0v) is 18.0. The van der Waals surface area contributed by atoms with Crippen molar-refractivity contribution in [3.8, 4) is 0 Å². The number of nitrogens with one attached hydrogen (secondary N) is 1. The van der Waals surface area contributed by atoms with Crippen molar-refractivity contribution < 1.29 is 14.7 Å². The smallest absolute Gasteiger partial charge is 0.317 e. The normalized spacial score (nSPS) is 17.6. The van der Waals surface area contributed by atoms with E-state index < -0.39 is 5.97 Å². The standard InChI is InChI=1S/C21H33N3O3.ClH/c1-4-23(15-20(25)26)19-10-12-24(13-11-19)17(3)21(27)22-14-16(2)18-8-6-5-7-9-18;/h5-9,16-17,19H,4,10-15H2,1-3H3,(H,22,27)(H,25,26);1H. The molecule has 0 aliphatic carbocycles. The monoisotopic (exact) mass is 411 g/mol. The van der Waals surface area contributed by atoms with E-state index in [2.05, 4.69) is 29.3 Å². The number of carbonyl (C=O) groups excluding carboxylic acids is 1. The highest BCUT2D eigenvalue weighted by Gasteiger charge is 2.29. The van der Waals surface area contributed by atoms with Gasteiger partial charge in [-0.15, -0.1) is 12.4 Å². The maximum Gasteiger partial charge on any atom is 0.317 e. The fourth-order valence-corrected chi connectivity index (χ4v) is 3.78. The second-order valence-electron chi connectivity index (χ2n) is 7.46. The molecule has 1 fully saturated rings. The Bertz CT molecular complexity index is 606. The Kier molecular flexibility index (Phi) is 10.5. The molecule has 2 N–H and O–H groups in total. The van der Waals surface area contributed by atoms with Gasteiger partial charge in [-0.3, -0.25) is 19.4 Å². The van der Waals surface area contributed by atoms with E-state index >= 15 is 0 Å². The minimum Gasteiger partial charge on any atom is -0.480 e. The van der Waals surface area contributed by atoms with E-state index in [4.69, 9.17) is 5.11 Å². The first-order valence-corrected chi connectivity index (χ1v) is 9.94. The molecule has 6 nitrogen and oxygen atoms in total. The summed E-state index contributed by atoms with van der Waals surface area (Å²) in [6, 6.07) is 10.3. The molecule has 2 rings (SSSR count). The summed E-state index contributed by atoms with van der Waals surface area (Å²) in [5, 5.41) is 12.1. The van der Waals surface area contributed by atoms with Crippen LogP contribution in [0.2, 0.25) is 0 Å². The van der Waals surface area contributed by atoms with E-state index in [9.17, 15) is 9.59 Å². The molecule has 1 aliphatic heterocycles. The van der Waals surface area contributed by atoms with Gasteiger partial charge in [0.2, 0.25) is 5.91 Å². The Balaban J connectivity index is 0.00000392. The lowest BCUT2D eigenvalue weighted by molar-refractivity contribution is -0.139. The van der Waals surface area contributed by atoms with Crippen molar-refractivity contribution in [3.63, 3.8) is 0 Å². The Labute approximate surface area is 174 Å². The van der Waals surface area contributed by atoms with Gasteiger partial charge in [0, 0.05) is 25.7 Å². The number of carbonyl (C=O) groups is 2. The van der Waals surface area contributed by atoms with Crippen LogP contribution in [0.25, 0.3) is 0 Å². The van der Waals surface area contributed by atoms with E-state index in [1.807, 2.05) is 36.9 Å². The molecule has 0 spiro atoms. The van der Waals surface area contributed by atoms with Crippen molar-refractivity contribution in [3.05, 3.63) is 35.9 Å². The zero-order valence-electron chi connectivity index (χ0n) is 17.1. The highest BCUT2D eigenvalue weighted by atomic mass is 35.5. The van der Waals surface area contributed by atoms with E-state index in [1.165, 1.54) is 5.56 Å². The van der Waals surface area contributed by atoms with Crippen molar-refractivity contribution in [2.24, 2.45) is 0 Å². The van der Waals surface area contributed by atoms with Gasteiger partial charge in [0.25, 0.3) is 0 Å². The molecule has 1 aromatic carbocycles. The van der Waals surface area contributed by atoms with Gasteiger partial charge in [0.05, 0.1) is 12.6 Å². The lowest BCUT2D eigenvalue weighted by Crippen LogP contribution is -2.52. The minimum absolute atomic E-state index is 0. The van der Waals surface area contributed by atoms with Gasteiger partial charge in [-0.25, -0.2) is 0 Å². The first-order chi connectivity index (χ1) is 12.9. The summed E-state index contributed by atoms with van der Waals surface area (Å²) in [5.41, 5.74) is 1.23. The number of likely N-dealkylation sites (tertiary alicyclic amines) is 1. The predicted molar refractivity (Wildman–Crippen MR) is 114 cm³/mol. The van der Waals surface area contributed by atoms with Crippen molar-refractivity contribution in [1.82, 2.24) is 15.1 Å². The molecule has 0 saturated carbocycles. The molecule has 2 atom stereocenters. The number of likely N-dealkylation sites (N-methyl/N-ethyl adjacent to an activating group) is 1. The summed E-state index contributed by atoms with van der Waals surface area (Å²) in [7, 11) is 0. The third kappa shape index (κ3) is 7.08. The topological polar surface area (TPSA) is 72.9 Å². The zero-order chi connectivity index (χ0) is 19.8. The maximum atomic E-state index is 12.6. The van der Waals surface area contributed by atoms with Crippen molar-refractivity contribution in [1.29, 1.82) is 0 Å². The molecule has 2 unspecified atom stereocenters. The lowest BCUT2D eigenvalue weighted by atomic mass is 10.0. The average molecular weight is 412 g/mol. The number of piperidine rings is 1. The molecule has 1 heterocycles. The highest BCUT2D eigenvalue weighted by molar-refractivity contribution is 5.85. The molecule has 1 saturated heterocycles. The third-order valence-corrected chi connectivity index (χ3v) is 5.64. The molecule has 28 heavy (non-hydrogen) atoms. The van der Waals surface area contributed by atoms with Crippen LogP contribution in [0.3, 0.4) is 0 Å². The van der Waals surface area contributed by atoms with Crippen LogP contribution in [0.1, 0.15) is 45.1 Å². The van der Waals surface area contributed by atoms with Gasteiger partial charge in [0.1, 0.15) is 0 Å². The molecule has 158 valence electrons. The fraction of sp³-hybridized carbons (Fsp3) is 0.619. The van der Waals surface area contributed by atoms with Crippen LogP contribution in [0.4, 0.5) is 0 Å². The van der Waals surface area contributed by atoms with Gasteiger partial charge >= 0.3 is 5.97 Å². The van der Waals surface area contributed by atoms with E-state index in [-0.39, 0.29) is 42.9 Å². The van der Waals surface area contributed by atoms with Crippen LogP contribution in [-0.2, 0) is 9.59 Å².